The van der Waals surface area contributed by atoms with Crippen molar-refractivity contribution in [3.63, 3.8) is 0 Å². The second-order valence-corrected chi connectivity index (χ2v) is 2.82. The van der Waals surface area contributed by atoms with Gasteiger partial charge in [-0.25, -0.2) is 15.0 Å². The van der Waals surface area contributed by atoms with Gasteiger partial charge in [-0.3, -0.25) is 4.57 Å². The van der Waals surface area contributed by atoms with E-state index in [2.05, 4.69) is 15.0 Å². The Hall–Kier alpha value is -1.69. The number of nitrogens with zero attached hydrogens (tertiary/aromatic N) is 4. The molecule has 0 unspecified atom stereocenters. The molecule has 0 fully saturated rings. The topological polar surface area (TPSA) is 89.8 Å². The summed E-state index contributed by atoms with van der Waals surface area (Å²) in [5, 5.41) is 9.55. The van der Waals surface area contributed by atoms with Crippen molar-refractivity contribution in [3.8, 4) is 0 Å². The maximum atomic E-state index is 9.55. The average Bonchev–Trinajstić information content (AvgIpc) is 2.62. The molecule has 6 heteroatoms. The van der Waals surface area contributed by atoms with E-state index in [1.807, 2.05) is 6.92 Å². The lowest BCUT2D eigenvalue weighted by atomic mass is 10.4. The van der Waals surface area contributed by atoms with Gasteiger partial charge in [-0.05, 0) is 6.42 Å². The summed E-state index contributed by atoms with van der Waals surface area (Å²) in [5.41, 5.74) is 6.63. The lowest BCUT2D eigenvalue weighted by molar-refractivity contribution is 0.260. The van der Waals surface area contributed by atoms with Crippen LogP contribution in [-0.2, 0) is 0 Å². The Balaban J connectivity index is 2.63. The molecule has 0 spiro atoms. The number of hydrogen-bond donors (Lipinski definition) is 2. The van der Waals surface area contributed by atoms with Crippen molar-refractivity contribution in [1.29, 1.82) is 0 Å². The first-order valence-electron chi connectivity index (χ1n) is 4.22. The van der Waals surface area contributed by atoms with Crippen molar-refractivity contribution in [1.82, 2.24) is 19.5 Å². The highest BCUT2D eigenvalue weighted by Crippen LogP contribution is 2.17. The number of imidazole rings is 1. The standard InChI is InChI=1S/C8H10N5O/c1-2-5(14)13-4-12-6-7(9)10-3-11-8(6)13/h3-4,14H,2H2,1H3,(H2,9,10,11). The monoisotopic (exact) mass is 192 g/mol. The van der Waals surface area contributed by atoms with E-state index < -0.39 is 0 Å². The SMILES string of the molecule is CC[C](O)n1cnc2c(N)ncnc21. The molecule has 2 aromatic rings. The summed E-state index contributed by atoms with van der Waals surface area (Å²) < 4.78 is 1.49. The first kappa shape index (κ1) is 8.89. The number of rotatable bonds is 2. The second kappa shape index (κ2) is 3.22. The minimum absolute atomic E-state index is 0.186. The molecular weight excluding hydrogens is 182 g/mol. The van der Waals surface area contributed by atoms with Crippen molar-refractivity contribution in [2.45, 2.75) is 13.3 Å². The number of aromatic nitrogens is 4. The molecule has 14 heavy (non-hydrogen) atoms. The number of aliphatic hydroxyl groups excluding tert-OH is 1. The fourth-order valence-corrected chi connectivity index (χ4v) is 1.21. The number of aliphatic hydroxyl groups is 1. The number of nitrogen functional groups attached to an aromatic ring is 1. The molecule has 0 aliphatic rings. The Morgan fingerprint density at radius 2 is 2.29 bits per heavy atom. The van der Waals surface area contributed by atoms with Gasteiger partial charge in [0.1, 0.15) is 11.8 Å². The van der Waals surface area contributed by atoms with Gasteiger partial charge in [0.25, 0.3) is 0 Å². The predicted molar refractivity (Wildman–Crippen MR) is 50.6 cm³/mol. The lowest BCUT2D eigenvalue weighted by Crippen LogP contribution is -2.07. The van der Waals surface area contributed by atoms with E-state index in [4.69, 9.17) is 5.73 Å². The molecule has 0 amide bonds. The van der Waals surface area contributed by atoms with Crippen LogP contribution in [0.5, 0.6) is 0 Å². The number of hydrogen-bond acceptors (Lipinski definition) is 5. The van der Waals surface area contributed by atoms with Crippen LogP contribution in [0.25, 0.3) is 11.2 Å². The van der Waals surface area contributed by atoms with Gasteiger partial charge in [-0.1, -0.05) is 6.92 Å². The molecule has 2 heterocycles. The van der Waals surface area contributed by atoms with Crippen LogP contribution in [0.4, 0.5) is 5.82 Å². The summed E-state index contributed by atoms with van der Waals surface area (Å²) >= 11 is 0. The third-order valence-corrected chi connectivity index (χ3v) is 1.96. The lowest BCUT2D eigenvalue weighted by Gasteiger charge is -2.07. The normalized spacial score (nSPS) is 11.4. The third kappa shape index (κ3) is 1.20. The maximum Gasteiger partial charge on any atom is 0.193 e. The molecule has 2 aromatic heterocycles. The number of nitrogens with two attached hydrogens (primary N) is 1. The molecule has 0 aromatic carbocycles. The Labute approximate surface area is 80.4 Å². The van der Waals surface area contributed by atoms with E-state index in [0.717, 1.165) is 0 Å². The summed E-state index contributed by atoms with van der Waals surface area (Å²) in [5.74, 6) is 0.317. The highest BCUT2D eigenvalue weighted by molar-refractivity contribution is 5.81. The van der Waals surface area contributed by atoms with E-state index in [9.17, 15) is 5.11 Å². The quantitative estimate of drug-likeness (QED) is 0.724. The molecular formula is C8H10N5O. The summed E-state index contributed by atoms with van der Waals surface area (Å²) in [7, 11) is 0. The Kier molecular flexibility index (Phi) is 2.05. The predicted octanol–water partition coefficient (Wildman–Crippen LogP) is 0.529. The summed E-state index contributed by atoms with van der Waals surface area (Å²) in [6, 6.07) is 0. The first-order valence-corrected chi connectivity index (χ1v) is 4.22. The second-order valence-electron chi connectivity index (χ2n) is 2.82. The number of anilines is 1. The van der Waals surface area contributed by atoms with Crippen molar-refractivity contribution >= 4 is 17.0 Å². The smallest absolute Gasteiger partial charge is 0.193 e. The third-order valence-electron chi connectivity index (χ3n) is 1.96. The maximum absolute atomic E-state index is 9.55. The summed E-state index contributed by atoms with van der Waals surface area (Å²) in [6.45, 7) is 1.84. The molecule has 3 N–H and O–H groups in total. The Bertz CT molecular complexity index is 452. The van der Waals surface area contributed by atoms with Gasteiger partial charge in [-0.15, -0.1) is 0 Å². The van der Waals surface area contributed by atoms with Gasteiger partial charge >= 0.3 is 0 Å². The van der Waals surface area contributed by atoms with Crippen LogP contribution in [0, 0.1) is 6.23 Å². The van der Waals surface area contributed by atoms with Crippen LogP contribution in [0.3, 0.4) is 0 Å². The van der Waals surface area contributed by atoms with Crippen LogP contribution < -0.4 is 5.73 Å². The van der Waals surface area contributed by atoms with Crippen molar-refractivity contribution in [2.75, 3.05) is 5.73 Å². The van der Waals surface area contributed by atoms with Crippen LogP contribution in [0.2, 0.25) is 0 Å². The molecule has 73 valence electrons. The van der Waals surface area contributed by atoms with E-state index >= 15 is 0 Å². The van der Waals surface area contributed by atoms with E-state index in [1.165, 1.54) is 17.2 Å². The van der Waals surface area contributed by atoms with Crippen LogP contribution >= 0.6 is 0 Å². The summed E-state index contributed by atoms with van der Waals surface area (Å²) in [6.07, 6.45) is 3.52. The summed E-state index contributed by atoms with van der Waals surface area (Å²) in [4.78, 5) is 11.8. The van der Waals surface area contributed by atoms with Crippen LogP contribution in [0.1, 0.15) is 13.3 Å². The zero-order valence-electron chi connectivity index (χ0n) is 7.68. The van der Waals surface area contributed by atoms with Gasteiger partial charge in [0.2, 0.25) is 0 Å². The Morgan fingerprint density at radius 3 is 3.00 bits per heavy atom. The molecule has 0 saturated carbocycles. The average molecular weight is 192 g/mol. The van der Waals surface area contributed by atoms with E-state index in [0.29, 0.717) is 23.4 Å². The molecule has 0 aliphatic carbocycles. The largest absolute Gasteiger partial charge is 0.382 e. The number of fused-ring (bicyclic) bond motifs is 1. The zero-order valence-corrected chi connectivity index (χ0v) is 7.68. The van der Waals surface area contributed by atoms with E-state index in [1.54, 1.807) is 0 Å². The van der Waals surface area contributed by atoms with Gasteiger partial charge in [0.15, 0.2) is 17.7 Å². The minimum atomic E-state index is 0.186. The van der Waals surface area contributed by atoms with Crippen molar-refractivity contribution in [2.24, 2.45) is 0 Å². The molecule has 1 radical (unpaired) electrons. The first-order chi connectivity index (χ1) is 6.74. The molecule has 0 atom stereocenters. The van der Waals surface area contributed by atoms with Gasteiger partial charge in [0, 0.05) is 0 Å². The van der Waals surface area contributed by atoms with E-state index in [-0.39, 0.29) is 6.23 Å². The molecule has 0 aliphatic heterocycles. The molecule has 6 nitrogen and oxygen atoms in total. The van der Waals surface area contributed by atoms with Gasteiger partial charge in [0.05, 0.1) is 6.33 Å². The van der Waals surface area contributed by atoms with Gasteiger partial charge < -0.3 is 10.8 Å². The van der Waals surface area contributed by atoms with Crippen LogP contribution in [-0.4, -0.2) is 24.6 Å². The van der Waals surface area contributed by atoms with Crippen molar-refractivity contribution < 1.29 is 5.11 Å². The fourth-order valence-electron chi connectivity index (χ4n) is 1.21. The molecule has 0 bridgehead atoms. The highest BCUT2D eigenvalue weighted by Gasteiger charge is 2.13. The minimum Gasteiger partial charge on any atom is -0.382 e. The molecule has 0 saturated heterocycles. The highest BCUT2D eigenvalue weighted by atomic mass is 16.3. The molecule has 2 rings (SSSR count). The fraction of sp³-hybridized carbons (Fsp3) is 0.250. The van der Waals surface area contributed by atoms with Crippen molar-refractivity contribution in [3.05, 3.63) is 18.9 Å². The van der Waals surface area contributed by atoms with Gasteiger partial charge in [-0.2, -0.15) is 0 Å². The zero-order chi connectivity index (χ0) is 10.1. The van der Waals surface area contributed by atoms with Crippen LogP contribution in [0.15, 0.2) is 12.7 Å². The Morgan fingerprint density at radius 1 is 1.50 bits per heavy atom.